The standard InChI is InChI=1S/C19H13F3N2.C6H10N2O2S/c1-24-17(11-18(23-24)19(20,21)22)14-8-9-16-13(10-14)7-6-12-4-2-3-5-15(12)16;7-11(9,10)8-6-4-2-1-3-5-6/h2-11H,1H3;1-2,4,8H,3,5H2,(H2,7,9,10). The van der Waals surface area contributed by atoms with Crippen molar-refractivity contribution in [2.75, 3.05) is 0 Å². The minimum Gasteiger partial charge on any atom is -0.275 e. The summed E-state index contributed by atoms with van der Waals surface area (Å²) < 4.78 is 63.0. The molecule has 35 heavy (non-hydrogen) atoms. The van der Waals surface area contributed by atoms with Crippen molar-refractivity contribution < 1.29 is 21.6 Å². The van der Waals surface area contributed by atoms with Crippen LogP contribution in [0.1, 0.15) is 18.5 Å². The highest BCUT2D eigenvalue weighted by Crippen LogP contribution is 2.33. The molecule has 0 atom stereocenters. The van der Waals surface area contributed by atoms with E-state index in [1.54, 1.807) is 12.2 Å². The average molecular weight is 501 g/mol. The predicted octanol–water partition coefficient (Wildman–Crippen LogP) is 5.43. The van der Waals surface area contributed by atoms with Crippen LogP contribution in [0.4, 0.5) is 13.2 Å². The highest BCUT2D eigenvalue weighted by Gasteiger charge is 2.34. The zero-order chi connectivity index (χ0) is 25.2. The van der Waals surface area contributed by atoms with Crippen molar-refractivity contribution in [3.8, 4) is 11.3 Å². The van der Waals surface area contributed by atoms with Gasteiger partial charge in [0.2, 0.25) is 0 Å². The third kappa shape index (κ3) is 5.90. The van der Waals surface area contributed by atoms with Gasteiger partial charge in [0.1, 0.15) is 0 Å². The van der Waals surface area contributed by atoms with Gasteiger partial charge in [0.25, 0.3) is 10.2 Å². The Kier molecular flexibility index (Phi) is 6.68. The second kappa shape index (κ2) is 9.55. The Morgan fingerprint density at radius 2 is 1.71 bits per heavy atom. The number of hydrogen-bond donors (Lipinski definition) is 2. The molecule has 1 heterocycles. The quantitative estimate of drug-likeness (QED) is 0.368. The molecule has 1 aromatic heterocycles. The molecule has 0 aliphatic heterocycles. The van der Waals surface area contributed by atoms with Crippen molar-refractivity contribution in [2.45, 2.75) is 19.0 Å². The molecule has 0 amide bonds. The third-order valence-corrected chi connectivity index (χ3v) is 6.04. The summed E-state index contributed by atoms with van der Waals surface area (Å²) in [7, 11) is -2.05. The van der Waals surface area contributed by atoms with E-state index in [0.29, 0.717) is 23.4 Å². The van der Waals surface area contributed by atoms with Gasteiger partial charge in [-0.1, -0.05) is 60.7 Å². The number of hydrogen-bond acceptors (Lipinski definition) is 3. The van der Waals surface area contributed by atoms with E-state index in [9.17, 15) is 21.6 Å². The molecular formula is C25H23F3N4O2S. The summed E-state index contributed by atoms with van der Waals surface area (Å²) in [5.74, 6) is 0. The topological polar surface area (TPSA) is 90.0 Å². The van der Waals surface area contributed by atoms with Gasteiger partial charge in [-0.25, -0.2) is 5.14 Å². The first-order chi connectivity index (χ1) is 16.5. The Morgan fingerprint density at radius 1 is 1.00 bits per heavy atom. The summed E-state index contributed by atoms with van der Waals surface area (Å²) in [6.45, 7) is 0. The van der Waals surface area contributed by atoms with E-state index in [-0.39, 0.29) is 0 Å². The Balaban J connectivity index is 0.000000221. The second-order valence-electron chi connectivity index (χ2n) is 8.06. The Morgan fingerprint density at radius 3 is 2.37 bits per heavy atom. The first-order valence-corrected chi connectivity index (χ1v) is 12.3. The van der Waals surface area contributed by atoms with Gasteiger partial charge >= 0.3 is 6.18 Å². The summed E-state index contributed by atoms with van der Waals surface area (Å²) in [6.07, 6.45) is 2.59. The van der Waals surface area contributed by atoms with Crippen molar-refractivity contribution >= 4 is 31.8 Å². The van der Waals surface area contributed by atoms with Crippen LogP contribution in [0, 0.1) is 0 Å². The number of rotatable bonds is 3. The van der Waals surface area contributed by atoms with E-state index in [4.69, 9.17) is 5.14 Å². The molecule has 6 nitrogen and oxygen atoms in total. The van der Waals surface area contributed by atoms with Crippen LogP contribution in [0.2, 0.25) is 0 Å². The Labute approximate surface area is 200 Å². The fourth-order valence-corrected chi connectivity index (χ4v) is 4.45. The fourth-order valence-electron chi connectivity index (χ4n) is 3.92. The SMILES string of the molecule is Cn1nc(C(F)(F)F)cc1-c1ccc2c(ccc3ccccc32)c1.NS(=O)(=O)NC1=CC=CCC1. The summed E-state index contributed by atoms with van der Waals surface area (Å²) in [6, 6.07) is 18.8. The lowest BCUT2D eigenvalue weighted by Gasteiger charge is -2.08. The fraction of sp³-hybridized carbons (Fsp3) is 0.160. The van der Waals surface area contributed by atoms with Gasteiger partial charge in [-0.15, -0.1) is 0 Å². The molecule has 0 unspecified atom stereocenters. The van der Waals surface area contributed by atoms with Crippen LogP contribution < -0.4 is 9.86 Å². The highest BCUT2D eigenvalue weighted by atomic mass is 32.2. The lowest BCUT2D eigenvalue weighted by Crippen LogP contribution is -2.30. The van der Waals surface area contributed by atoms with E-state index in [1.807, 2.05) is 60.7 Å². The van der Waals surface area contributed by atoms with E-state index in [1.165, 1.54) is 11.7 Å². The number of aromatic nitrogens is 2. The molecule has 182 valence electrons. The molecule has 0 saturated heterocycles. The van der Waals surface area contributed by atoms with Gasteiger partial charge in [0.15, 0.2) is 5.69 Å². The first-order valence-electron chi connectivity index (χ1n) is 10.7. The van der Waals surface area contributed by atoms with Crippen LogP contribution in [0.15, 0.2) is 84.6 Å². The molecule has 3 N–H and O–H groups in total. The van der Waals surface area contributed by atoms with Crippen molar-refractivity contribution in [1.82, 2.24) is 14.5 Å². The number of nitrogens with one attached hydrogen (secondary N) is 1. The lowest BCUT2D eigenvalue weighted by molar-refractivity contribution is -0.141. The molecule has 4 aromatic rings. The van der Waals surface area contributed by atoms with Gasteiger partial charge in [-0.2, -0.15) is 26.7 Å². The minimum absolute atomic E-state index is 0.442. The van der Waals surface area contributed by atoms with Gasteiger partial charge < -0.3 is 0 Å². The van der Waals surface area contributed by atoms with Crippen LogP contribution in [0.3, 0.4) is 0 Å². The van der Waals surface area contributed by atoms with Crippen molar-refractivity contribution in [2.24, 2.45) is 12.2 Å². The second-order valence-corrected chi connectivity index (χ2v) is 9.36. The molecule has 0 bridgehead atoms. The number of benzene rings is 3. The van der Waals surface area contributed by atoms with Gasteiger partial charge in [0.05, 0.1) is 5.69 Å². The number of fused-ring (bicyclic) bond motifs is 3. The van der Waals surface area contributed by atoms with Crippen LogP contribution in [-0.2, 0) is 23.4 Å². The maximum Gasteiger partial charge on any atom is 0.435 e. The summed E-state index contributed by atoms with van der Waals surface area (Å²) in [5.41, 5.74) is 0.925. The van der Waals surface area contributed by atoms with Crippen molar-refractivity contribution in [1.29, 1.82) is 0 Å². The molecule has 3 aromatic carbocycles. The number of nitrogens with two attached hydrogens (primary N) is 1. The van der Waals surface area contributed by atoms with Crippen LogP contribution in [0.5, 0.6) is 0 Å². The highest BCUT2D eigenvalue weighted by molar-refractivity contribution is 7.87. The largest absolute Gasteiger partial charge is 0.435 e. The Bertz CT molecular complexity index is 1550. The zero-order valence-electron chi connectivity index (χ0n) is 18.8. The maximum atomic E-state index is 12.8. The summed E-state index contributed by atoms with van der Waals surface area (Å²) >= 11 is 0. The molecule has 0 spiro atoms. The van der Waals surface area contributed by atoms with E-state index >= 15 is 0 Å². The number of halogens is 3. The average Bonchev–Trinajstić information content (AvgIpc) is 3.21. The third-order valence-electron chi connectivity index (χ3n) is 5.50. The number of nitrogens with zero attached hydrogens (tertiary/aromatic N) is 2. The van der Waals surface area contributed by atoms with Crippen LogP contribution in [-0.4, -0.2) is 18.2 Å². The van der Waals surface area contributed by atoms with E-state index in [2.05, 4.69) is 9.82 Å². The molecule has 5 rings (SSSR count). The van der Waals surface area contributed by atoms with Crippen molar-refractivity contribution in [3.63, 3.8) is 0 Å². The maximum absolute atomic E-state index is 12.8. The zero-order valence-corrected chi connectivity index (χ0v) is 19.6. The number of aryl methyl sites for hydroxylation is 1. The van der Waals surface area contributed by atoms with E-state index < -0.39 is 22.1 Å². The Hall–Kier alpha value is -3.63. The first kappa shape index (κ1) is 24.5. The van der Waals surface area contributed by atoms with Crippen molar-refractivity contribution in [3.05, 3.63) is 90.3 Å². The van der Waals surface area contributed by atoms with Crippen LogP contribution in [0.25, 0.3) is 32.8 Å². The van der Waals surface area contributed by atoms with Gasteiger partial charge in [-0.3, -0.25) is 9.40 Å². The predicted molar refractivity (Wildman–Crippen MR) is 131 cm³/mol. The monoisotopic (exact) mass is 500 g/mol. The minimum atomic E-state index is -4.44. The van der Waals surface area contributed by atoms with Crippen LogP contribution >= 0.6 is 0 Å². The molecule has 1 aliphatic carbocycles. The molecule has 0 fully saturated rings. The number of alkyl halides is 3. The lowest BCUT2D eigenvalue weighted by atomic mass is 9.99. The normalized spacial score (nSPS) is 13.9. The summed E-state index contributed by atoms with van der Waals surface area (Å²) in [5, 5.41) is 12.7. The molecular weight excluding hydrogens is 477 g/mol. The van der Waals surface area contributed by atoms with E-state index in [0.717, 1.165) is 34.0 Å². The van der Waals surface area contributed by atoms with Gasteiger partial charge in [-0.05, 0) is 52.6 Å². The molecule has 0 radical (unpaired) electrons. The summed E-state index contributed by atoms with van der Waals surface area (Å²) in [4.78, 5) is 0. The van der Waals surface area contributed by atoms with Gasteiger partial charge in [0, 0.05) is 18.3 Å². The molecule has 1 aliphatic rings. The smallest absolute Gasteiger partial charge is 0.275 e. The number of allylic oxidation sites excluding steroid dienone is 4. The molecule has 10 heteroatoms. The molecule has 0 saturated carbocycles.